The summed E-state index contributed by atoms with van der Waals surface area (Å²) in [6, 6.07) is -0.976. The summed E-state index contributed by atoms with van der Waals surface area (Å²) in [5, 5.41) is 120. The van der Waals surface area contributed by atoms with Crippen molar-refractivity contribution in [2.75, 3.05) is 26.4 Å². The van der Waals surface area contributed by atoms with E-state index in [4.69, 9.17) is 28.4 Å². The molecule has 0 saturated carbocycles. The van der Waals surface area contributed by atoms with Crippen LogP contribution in [0.2, 0.25) is 0 Å². The number of hydrogen-bond donors (Lipinski definition) is 12. The van der Waals surface area contributed by atoms with Gasteiger partial charge in [-0.2, -0.15) is 0 Å². The van der Waals surface area contributed by atoms with Crippen molar-refractivity contribution in [2.45, 2.75) is 343 Å². The highest BCUT2D eigenvalue weighted by Gasteiger charge is 2.53. The first-order valence-electron chi connectivity index (χ1n) is 37.1. The second-order valence-electron chi connectivity index (χ2n) is 26.0. The molecule has 0 aromatic heterocycles. The van der Waals surface area contributed by atoms with Crippen molar-refractivity contribution in [1.82, 2.24) is 5.32 Å². The molecule has 3 fully saturated rings. The van der Waals surface area contributed by atoms with E-state index in [1.807, 2.05) is 6.08 Å². The van der Waals surface area contributed by atoms with Crippen molar-refractivity contribution in [1.29, 1.82) is 0 Å². The summed E-state index contributed by atoms with van der Waals surface area (Å²) >= 11 is 0. The van der Waals surface area contributed by atoms with E-state index < -0.39 is 124 Å². The maximum absolute atomic E-state index is 13.4. The molecule has 17 atom stereocenters. The molecule has 3 aliphatic rings. The number of carbonyl (C=O) groups excluding carboxylic acids is 1. The highest BCUT2D eigenvalue weighted by Crippen LogP contribution is 2.33. The first-order chi connectivity index (χ1) is 46.8. The van der Waals surface area contributed by atoms with Crippen LogP contribution in [-0.2, 0) is 33.2 Å². The Morgan fingerprint density at radius 3 is 1.12 bits per heavy atom. The number of hydrogen-bond acceptors (Lipinski definition) is 18. The number of amides is 1. The predicted molar refractivity (Wildman–Crippen MR) is 378 cm³/mol. The molecular formula is C77H131NO18. The van der Waals surface area contributed by atoms with Crippen molar-refractivity contribution >= 4 is 5.91 Å². The number of nitrogens with one attached hydrogen (secondary N) is 1. The number of aliphatic hydroxyl groups is 11. The van der Waals surface area contributed by atoms with Crippen molar-refractivity contribution in [3.8, 4) is 0 Å². The van der Waals surface area contributed by atoms with Gasteiger partial charge in [0.05, 0.1) is 38.6 Å². The number of allylic oxidation sites excluding steroid dienone is 17. The van der Waals surface area contributed by atoms with Gasteiger partial charge in [-0.1, -0.05) is 258 Å². The van der Waals surface area contributed by atoms with Gasteiger partial charge in [0.25, 0.3) is 0 Å². The van der Waals surface area contributed by atoms with Gasteiger partial charge in [-0.3, -0.25) is 4.79 Å². The quantitative estimate of drug-likeness (QED) is 0.0199. The Morgan fingerprint density at radius 2 is 0.719 bits per heavy atom. The van der Waals surface area contributed by atoms with Crippen molar-refractivity contribution in [3.05, 3.63) is 109 Å². The van der Waals surface area contributed by atoms with Gasteiger partial charge >= 0.3 is 0 Å². The van der Waals surface area contributed by atoms with Crippen molar-refractivity contribution < 1.29 is 89.4 Å². The van der Waals surface area contributed by atoms with E-state index in [1.165, 1.54) is 116 Å². The number of unbranched alkanes of at least 4 members (excludes halogenated alkanes) is 24. The summed E-state index contributed by atoms with van der Waals surface area (Å²) in [4.78, 5) is 13.4. The third kappa shape index (κ3) is 37.8. The molecule has 0 spiro atoms. The highest BCUT2D eigenvalue weighted by atomic mass is 16.8. The maximum atomic E-state index is 13.4. The molecule has 19 heteroatoms. The molecule has 3 rings (SSSR count). The van der Waals surface area contributed by atoms with Crippen molar-refractivity contribution in [2.24, 2.45) is 0 Å². The lowest BCUT2D eigenvalue weighted by atomic mass is 9.96. The maximum Gasteiger partial charge on any atom is 0.220 e. The van der Waals surface area contributed by atoms with Crippen LogP contribution in [0.1, 0.15) is 239 Å². The van der Waals surface area contributed by atoms with Crippen LogP contribution in [0.25, 0.3) is 0 Å². The molecule has 17 unspecified atom stereocenters. The van der Waals surface area contributed by atoms with Crippen LogP contribution in [0.15, 0.2) is 109 Å². The average Bonchev–Trinajstić information content (AvgIpc) is 0.849. The van der Waals surface area contributed by atoms with Crippen LogP contribution in [0, 0.1) is 0 Å². The van der Waals surface area contributed by atoms with Gasteiger partial charge in [0.2, 0.25) is 5.91 Å². The summed E-state index contributed by atoms with van der Waals surface area (Å²) in [5.74, 6) is -0.280. The van der Waals surface area contributed by atoms with Crippen molar-refractivity contribution in [3.63, 3.8) is 0 Å². The van der Waals surface area contributed by atoms with Gasteiger partial charge in [-0.15, -0.1) is 0 Å². The van der Waals surface area contributed by atoms with Gasteiger partial charge in [-0.25, -0.2) is 0 Å². The van der Waals surface area contributed by atoms with E-state index >= 15 is 0 Å². The van der Waals surface area contributed by atoms with Crippen LogP contribution >= 0.6 is 0 Å². The highest BCUT2D eigenvalue weighted by molar-refractivity contribution is 5.76. The minimum Gasteiger partial charge on any atom is -0.394 e. The lowest BCUT2D eigenvalue weighted by Crippen LogP contribution is -2.66. The molecule has 3 aliphatic heterocycles. The number of aliphatic hydroxyl groups excluding tert-OH is 11. The monoisotopic (exact) mass is 1360 g/mol. The van der Waals surface area contributed by atoms with E-state index in [0.717, 1.165) is 96.3 Å². The molecule has 3 saturated heterocycles. The van der Waals surface area contributed by atoms with Gasteiger partial charge in [0.15, 0.2) is 18.9 Å². The lowest BCUT2D eigenvalue weighted by molar-refractivity contribution is -0.379. The van der Waals surface area contributed by atoms with Crippen LogP contribution in [0.3, 0.4) is 0 Å². The molecule has 0 aromatic carbocycles. The van der Waals surface area contributed by atoms with E-state index in [1.54, 1.807) is 6.08 Å². The van der Waals surface area contributed by atoms with E-state index in [0.29, 0.717) is 6.42 Å². The van der Waals surface area contributed by atoms with Crippen LogP contribution < -0.4 is 5.32 Å². The minimum atomic E-state index is -1.98. The van der Waals surface area contributed by atoms with Crippen LogP contribution in [0.4, 0.5) is 0 Å². The SMILES string of the molecule is CC/C=C\C/C=C\C/C=C\C/C=C\C/C=C\C/C=C\C/C=C\C/C=C\CCCCCCCCCCCCCCCCCCC(=O)NC(COC1OC(CO)C(OC2OC(CO)C(OC3OC(CO)C(O)C(O)C3O)C(O)C2O)C(O)C1O)C(O)/C=C/CCCCCCCCCC. The summed E-state index contributed by atoms with van der Waals surface area (Å²) in [7, 11) is 0. The molecular weight excluding hydrogens is 1230 g/mol. The van der Waals surface area contributed by atoms with Gasteiger partial charge < -0.3 is 89.9 Å². The molecule has 96 heavy (non-hydrogen) atoms. The minimum absolute atomic E-state index is 0.239. The van der Waals surface area contributed by atoms with E-state index in [-0.39, 0.29) is 18.9 Å². The fraction of sp³-hybridized carbons (Fsp3) is 0.753. The number of carbonyl (C=O) groups is 1. The van der Waals surface area contributed by atoms with E-state index in [9.17, 15) is 61.0 Å². The lowest BCUT2D eigenvalue weighted by Gasteiger charge is -2.48. The molecule has 0 aromatic rings. The van der Waals surface area contributed by atoms with Gasteiger partial charge in [0, 0.05) is 6.42 Å². The summed E-state index contributed by atoms with van der Waals surface area (Å²) in [6.07, 6.45) is 51.1. The molecule has 0 bridgehead atoms. The summed E-state index contributed by atoms with van der Waals surface area (Å²) < 4.78 is 34.3. The fourth-order valence-electron chi connectivity index (χ4n) is 11.9. The molecule has 552 valence electrons. The molecule has 3 heterocycles. The Hall–Kier alpha value is -3.55. The molecule has 12 N–H and O–H groups in total. The Labute approximate surface area is 576 Å². The summed E-state index contributed by atoms with van der Waals surface area (Å²) in [5.41, 5.74) is 0. The zero-order valence-corrected chi connectivity index (χ0v) is 58.6. The Kier molecular flexibility index (Phi) is 51.6. The normalized spacial score (nSPS) is 27.7. The van der Waals surface area contributed by atoms with Gasteiger partial charge in [0.1, 0.15) is 73.2 Å². The Balaban J connectivity index is 1.28. The van der Waals surface area contributed by atoms with Gasteiger partial charge in [-0.05, 0) is 83.5 Å². The Morgan fingerprint density at radius 1 is 0.385 bits per heavy atom. The number of rotatable bonds is 56. The molecule has 19 nitrogen and oxygen atoms in total. The fourth-order valence-corrected chi connectivity index (χ4v) is 11.9. The zero-order chi connectivity index (χ0) is 69.6. The third-order valence-corrected chi connectivity index (χ3v) is 17.8. The second kappa shape index (κ2) is 57.1. The third-order valence-electron chi connectivity index (χ3n) is 17.8. The predicted octanol–water partition coefficient (Wildman–Crippen LogP) is 11.0. The largest absolute Gasteiger partial charge is 0.394 e. The second-order valence-corrected chi connectivity index (χ2v) is 26.0. The van der Waals surface area contributed by atoms with Crippen LogP contribution in [0.5, 0.6) is 0 Å². The molecule has 0 radical (unpaired) electrons. The number of ether oxygens (including phenoxy) is 6. The first-order valence-corrected chi connectivity index (χ1v) is 37.1. The summed E-state index contributed by atoms with van der Waals surface area (Å²) in [6.45, 7) is 1.58. The standard InChI is InChI=1S/C77H131NO18/c1-3-5-7-9-11-13-15-16-17-18-19-20-21-22-23-24-25-26-27-28-29-30-31-32-33-34-35-36-37-38-39-40-41-42-43-44-45-47-49-51-53-55-65(83)78-60(61(82)54-52-50-48-46-14-12-10-8-6-4-2)59-91-75-71(89)68(86)73(63(57-80)93-75)96-77-72(90)69(87)74(64(58-81)94-77)95-76-70(88)67(85)66(84)62(56-79)92-76/h5,7,11,13,16-17,19-20,22-23,25-26,28-29,31-32,52,54,60-64,66-77,79-82,84-90H,3-4,6,8-10,12,14-15,18,21,24,27,30,33-51,53,55-59H2,1-2H3,(H,78,83)/b7-5-,13-11-,17-16-,20-19-,23-22-,26-25-,29-28-,32-31-,54-52+. The zero-order valence-electron chi connectivity index (χ0n) is 58.6. The average molecular weight is 1360 g/mol. The molecule has 1 amide bonds. The smallest absolute Gasteiger partial charge is 0.220 e. The van der Waals surface area contributed by atoms with E-state index in [2.05, 4.69) is 116 Å². The Bertz CT molecular complexity index is 2160. The molecule has 0 aliphatic carbocycles. The topological polar surface area (TPSA) is 307 Å². The first kappa shape index (κ1) is 86.7. The van der Waals surface area contributed by atoms with Crippen LogP contribution in [-0.4, -0.2) is 193 Å².